The zero-order chi connectivity index (χ0) is 14.5. The highest BCUT2D eigenvalue weighted by atomic mass is 127. The van der Waals surface area contributed by atoms with Crippen LogP contribution in [0.5, 0.6) is 11.5 Å². The average molecular weight is 382 g/mol. The number of nitrogens with zero attached hydrogens (tertiary/aromatic N) is 1. The van der Waals surface area contributed by atoms with Crippen molar-refractivity contribution >= 4 is 28.5 Å². The van der Waals surface area contributed by atoms with Crippen LogP contribution in [0, 0.1) is 6.92 Å². The second-order valence-electron chi connectivity index (χ2n) is 4.28. The minimum atomic E-state index is -0.229. The van der Waals surface area contributed by atoms with Crippen molar-refractivity contribution in [2.75, 3.05) is 7.05 Å². The number of alkyl halides is 1. The summed E-state index contributed by atoms with van der Waals surface area (Å²) >= 11 is 2.33. The first-order valence-electron chi connectivity index (χ1n) is 6.15. The van der Waals surface area contributed by atoms with Crippen LogP contribution in [0.2, 0.25) is 0 Å². The number of rotatable bonds is 4. The van der Waals surface area contributed by atoms with Gasteiger partial charge in [-0.3, -0.25) is 9.78 Å². The van der Waals surface area contributed by atoms with E-state index in [1.165, 1.54) is 11.1 Å². The van der Waals surface area contributed by atoms with E-state index in [9.17, 15) is 4.79 Å². The molecule has 5 heteroatoms. The van der Waals surface area contributed by atoms with E-state index in [2.05, 4.69) is 39.8 Å². The highest BCUT2D eigenvalue weighted by molar-refractivity contribution is 14.1. The lowest BCUT2D eigenvalue weighted by atomic mass is 10.1. The van der Waals surface area contributed by atoms with Crippen molar-refractivity contribution < 1.29 is 9.53 Å². The molecular formula is C15H15IN2O2. The van der Waals surface area contributed by atoms with Crippen molar-refractivity contribution in [3.05, 3.63) is 53.3 Å². The molecule has 1 aromatic carbocycles. The molecule has 0 radical (unpaired) electrons. The number of aryl methyl sites for hydroxylation is 1. The molecule has 0 aliphatic heterocycles. The molecule has 0 unspecified atom stereocenters. The summed E-state index contributed by atoms with van der Waals surface area (Å²) in [6.07, 6.45) is 1.56. The maximum absolute atomic E-state index is 11.5. The van der Waals surface area contributed by atoms with E-state index in [0.29, 0.717) is 11.4 Å². The molecule has 0 aliphatic rings. The molecule has 0 aliphatic carbocycles. The Labute approximate surface area is 131 Å². The minimum Gasteiger partial charge on any atom is -0.457 e. The normalized spacial score (nSPS) is 10.2. The predicted molar refractivity (Wildman–Crippen MR) is 86.6 cm³/mol. The average Bonchev–Trinajstić information content (AvgIpc) is 2.48. The quantitative estimate of drug-likeness (QED) is 0.651. The number of hydrogen-bond acceptors (Lipinski definition) is 3. The van der Waals surface area contributed by atoms with Gasteiger partial charge < -0.3 is 10.1 Å². The van der Waals surface area contributed by atoms with Crippen LogP contribution in [0.3, 0.4) is 0 Å². The topological polar surface area (TPSA) is 51.2 Å². The third-order valence-electron chi connectivity index (χ3n) is 2.89. The summed E-state index contributed by atoms with van der Waals surface area (Å²) in [6, 6.07) is 9.33. The Morgan fingerprint density at radius 1 is 1.30 bits per heavy atom. The van der Waals surface area contributed by atoms with E-state index in [1.54, 1.807) is 25.4 Å². The van der Waals surface area contributed by atoms with E-state index < -0.39 is 0 Å². The zero-order valence-electron chi connectivity index (χ0n) is 11.3. The molecule has 2 rings (SSSR count). The number of nitrogens with one attached hydrogen (secondary N) is 1. The Morgan fingerprint density at radius 2 is 2.05 bits per heavy atom. The van der Waals surface area contributed by atoms with Crippen molar-refractivity contribution in [3.63, 3.8) is 0 Å². The van der Waals surface area contributed by atoms with E-state index in [4.69, 9.17) is 4.74 Å². The van der Waals surface area contributed by atoms with Gasteiger partial charge in [0.25, 0.3) is 5.91 Å². The van der Waals surface area contributed by atoms with Gasteiger partial charge >= 0.3 is 0 Å². The SMILES string of the molecule is CNC(=O)c1cc(Oc2ccc(C)c(CI)c2)ccn1. The monoisotopic (exact) mass is 382 g/mol. The van der Waals surface area contributed by atoms with Crippen LogP contribution in [0.25, 0.3) is 0 Å². The van der Waals surface area contributed by atoms with Crippen LogP contribution < -0.4 is 10.1 Å². The molecule has 0 spiro atoms. The number of hydrogen-bond donors (Lipinski definition) is 1. The van der Waals surface area contributed by atoms with Gasteiger partial charge in [0, 0.05) is 23.7 Å². The standard InChI is InChI=1S/C15H15IN2O2/c1-10-3-4-12(7-11(10)9-16)20-13-5-6-18-14(8-13)15(19)17-2/h3-8H,9H2,1-2H3,(H,17,19). The lowest BCUT2D eigenvalue weighted by Crippen LogP contribution is -2.18. The molecule has 0 saturated heterocycles. The summed E-state index contributed by atoms with van der Waals surface area (Å²) < 4.78 is 6.72. The van der Waals surface area contributed by atoms with Gasteiger partial charge in [0.1, 0.15) is 17.2 Å². The largest absolute Gasteiger partial charge is 0.457 e. The second kappa shape index (κ2) is 6.69. The van der Waals surface area contributed by atoms with Gasteiger partial charge in [0.15, 0.2) is 0 Å². The Hall–Kier alpha value is -1.63. The molecule has 0 atom stereocenters. The molecule has 1 N–H and O–H groups in total. The number of aromatic nitrogens is 1. The van der Waals surface area contributed by atoms with E-state index in [-0.39, 0.29) is 5.91 Å². The number of pyridine rings is 1. The van der Waals surface area contributed by atoms with Gasteiger partial charge in [-0.15, -0.1) is 0 Å². The summed E-state index contributed by atoms with van der Waals surface area (Å²) in [5, 5.41) is 2.54. The fourth-order valence-corrected chi connectivity index (χ4v) is 2.54. The zero-order valence-corrected chi connectivity index (χ0v) is 13.5. The van der Waals surface area contributed by atoms with Crippen LogP contribution in [0.4, 0.5) is 0 Å². The van der Waals surface area contributed by atoms with Gasteiger partial charge in [-0.1, -0.05) is 28.7 Å². The van der Waals surface area contributed by atoms with Gasteiger partial charge in [0.05, 0.1) is 0 Å². The molecule has 1 aromatic heterocycles. The fourth-order valence-electron chi connectivity index (χ4n) is 1.72. The molecule has 4 nitrogen and oxygen atoms in total. The van der Waals surface area contributed by atoms with Crippen molar-refractivity contribution in [1.82, 2.24) is 10.3 Å². The molecule has 2 aromatic rings. The number of halogens is 1. The van der Waals surface area contributed by atoms with Crippen molar-refractivity contribution in [1.29, 1.82) is 0 Å². The Balaban J connectivity index is 2.24. The molecule has 0 fully saturated rings. The lowest BCUT2D eigenvalue weighted by Gasteiger charge is -2.09. The number of carbonyl (C=O) groups is 1. The number of amides is 1. The Bertz CT molecular complexity index is 629. The van der Waals surface area contributed by atoms with Gasteiger partial charge in [0.2, 0.25) is 0 Å². The third-order valence-corrected chi connectivity index (χ3v) is 3.71. The molecular weight excluding hydrogens is 367 g/mol. The van der Waals surface area contributed by atoms with Crippen LogP contribution in [0.1, 0.15) is 21.6 Å². The van der Waals surface area contributed by atoms with E-state index >= 15 is 0 Å². The maximum Gasteiger partial charge on any atom is 0.269 e. The van der Waals surface area contributed by atoms with Gasteiger partial charge in [-0.2, -0.15) is 0 Å². The fraction of sp³-hybridized carbons (Fsp3) is 0.200. The van der Waals surface area contributed by atoms with Crippen molar-refractivity contribution in [3.8, 4) is 11.5 Å². The molecule has 20 heavy (non-hydrogen) atoms. The summed E-state index contributed by atoms with van der Waals surface area (Å²) in [7, 11) is 1.57. The predicted octanol–water partition coefficient (Wildman–Crippen LogP) is 3.48. The van der Waals surface area contributed by atoms with Crippen molar-refractivity contribution in [2.24, 2.45) is 0 Å². The Morgan fingerprint density at radius 3 is 2.75 bits per heavy atom. The summed E-state index contributed by atoms with van der Waals surface area (Å²) in [4.78, 5) is 15.5. The molecule has 1 amide bonds. The van der Waals surface area contributed by atoms with Crippen LogP contribution >= 0.6 is 22.6 Å². The Kier molecular flexibility index (Phi) is 4.94. The lowest BCUT2D eigenvalue weighted by molar-refractivity contribution is 0.0958. The van der Waals surface area contributed by atoms with Crippen LogP contribution in [0.15, 0.2) is 36.5 Å². The second-order valence-corrected chi connectivity index (χ2v) is 5.04. The minimum absolute atomic E-state index is 0.229. The molecule has 104 valence electrons. The highest BCUT2D eigenvalue weighted by Crippen LogP contribution is 2.25. The molecule has 1 heterocycles. The maximum atomic E-state index is 11.5. The first-order valence-corrected chi connectivity index (χ1v) is 7.68. The van der Waals surface area contributed by atoms with Crippen molar-refractivity contribution in [2.45, 2.75) is 11.4 Å². The first-order chi connectivity index (χ1) is 9.63. The number of benzene rings is 1. The third kappa shape index (κ3) is 3.47. The van der Waals surface area contributed by atoms with Crippen LogP contribution in [-0.4, -0.2) is 17.9 Å². The van der Waals surface area contributed by atoms with E-state index in [0.717, 1.165) is 10.2 Å². The number of carbonyl (C=O) groups excluding carboxylic acids is 1. The summed E-state index contributed by atoms with van der Waals surface area (Å²) in [6.45, 7) is 2.08. The molecule has 0 saturated carbocycles. The highest BCUT2D eigenvalue weighted by Gasteiger charge is 2.07. The smallest absolute Gasteiger partial charge is 0.269 e. The summed E-state index contributed by atoms with van der Waals surface area (Å²) in [5.41, 5.74) is 2.82. The van der Waals surface area contributed by atoms with Gasteiger partial charge in [-0.05, 0) is 36.2 Å². The number of ether oxygens (including phenoxy) is 1. The molecule has 0 bridgehead atoms. The summed E-state index contributed by atoms with van der Waals surface area (Å²) in [5.74, 6) is 1.13. The van der Waals surface area contributed by atoms with E-state index in [1.807, 2.05) is 18.2 Å². The first kappa shape index (κ1) is 14.8. The van der Waals surface area contributed by atoms with Crippen LogP contribution in [-0.2, 0) is 4.43 Å². The van der Waals surface area contributed by atoms with Gasteiger partial charge in [-0.25, -0.2) is 0 Å².